The first kappa shape index (κ1) is 20.0. The van der Waals surface area contributed by atoms with Crippen LogP contribution in [0.5, 0.6) is 5.75 Å². The average molecular weight is 398 g/mol. The number of carbonyl (C=O) groups is 1. The number of methoxy groups -OCH3 is 1. The molecule has 0 spiro atoms. The molecule has 1 unspecified atom stereocenters. The maximum atomic E-state index is 13.0. The third-order valence-electron chi connectivity index (χ3n) is 5.25. The second kappa shape index (κ2) is 8.07. The van der Waals surface area contributed by atoms with Gasteiger partial charge in [-0.2, -0.15) is 0 Å². The minimum Gasteiger partial charge on any atom is -0.497 e. The van der Waals surface area contributed by atoms with Crippen molar-refractivity contribution in [3.8, 4) is 5.75 Å². The lowest BCUT2D eigenvalue weighted by atomic mass is 9.87. The molecule has 0 aliphatic heterocycles. The third-order valence-corrected chi connectivity index (χ3v) is 5.25. The number of fused-ring (bicyclic) bond motifs is 2. The first-order valence-electron chi connectivity index (χ1n) is 9.19. The quantitative estimate of drug-likeness (QED) is 0.643. The number of halogens is 1. The highest BCUT2D eigenvalue weighted by atomic mass is 35.5. The van der Waals surface area contributed by atoms with Gasteiger partial charge in [0.25, 0.3) is 5.91 Å². The molecule has 1 aromatic heterocycles. The summed E-state index contributed by atoms with van der Waals surface area (Å²) in [6.07, 6.45) is 2.97. The maximum absolute atomic E-state index is 13.0. The molecule has 146 valence electrons. The molecule has 1 aliphatic carbocycles. The molecule has 4 rings (SSSR count). The van der Waals surface area contributed by atoms with Gasteiger partial charge >= 0.3 is 0 Å². The number of pyridine rings is 1. The van der Waals surface area contributed by atoms with Crippen LogP contribution in [0, 0.1) is 6.92 Å². The summed E-state index contributed by atoms with van der Waals surface area (Å²) >= 11 is 0. The van der Waals surface area contributed by atoms with E-state index in [0.717, 1.165) is 41.6 Å². The van der Waals surface area contributed by atoms with Crippen molar-refractivity contribution in [2.45, 2.75) is 32.2 Å². The summed E-state index contributed by atoms with van der Waals surface area (Å²) in [6.45, 7) is 1.86. The Morgan fingerprint density at radius 2 is 2.04 bits per heavy atom. The van der Waals surface area contributed by atoms with Gasteiger partial charge < -0.3 is 15.8 Å². The highest BCUT2D eigenvalue weighted by Gasteiger charge is 2.23. The number of benzene rings is 2. The fraction of sp³-hybridized carbons (Fsp3) is 0.273. The molecule has 0 fully saturated rings. The second-order valence-electron chi connectivity index (χ2n) is 7.06. The van der Waals surface area contributed by atoms with Crippen molar-refractivity contribution < 1.29 is 9.53 Å². The zero-order valence-corrected chi connectivity index (χ0v) is 16.8. The van der Waals surface area contributed by atoms with Gasteiger partial charge in [0.2, 0.25) is 0 Å². The Morgan fingerprint density at radius 1 is 1.21 bits per heavy atom. The van der Waals surface area contributed by atoms with Crippen LogP contribution in [0.4, 0.5) is 5.69 Å². The summed E-state index contributed by atoms with van der Waals surface area (Å²) in [6, 6.07) is 13.5. The van der Waals surface area contributed by atoms with Crippen LogP contribution < -0.4 is 15.8 Å². The molecule has 3 N–H and O–H groups in total. The summed E-state index contributed by atoms with van der Waals surface area (Å²) in [5, 5.41) is 4.11. The standard InChI is InChI=1S/C22H23N3O2.ClH/c1-13-19(11-15-6-8-17(27-2)12-21(15)24-13)22(26)25-20-5-3-4-14-10-16(23)7-9-18(14)20;/h6-12,20H,3-5,23H2,1-2H3,(H,25,26);1H. The smallest absolute Gasteiger partial charge is 0.253 e. The van der Waals surface area contributed by atoms with Crippen LogP contribution in [0.3, 0.4) is 0 Å². The van der Waals surface area contributed by atoms with E-state index in [0.29, 0.717) is 11.3 Å². The minimum atomic E-state index is -0.0904. The summed E-state index contributed by atoms with van der Waals surface area (Å²) in [4.78, 5) is 17.6. The lowest BCUT2D eigenvalue weighted by molar-refractivity contribution is 0.0932. The number of aryl methyl sites for hydroxylation is 2. The summed E-state index contributed by atoms with van der Waals surface area (Å²) in [5.74, 6) is 0.664. The zero-order chi connectivity index (χ0) is 19.0. The number of nitrogens with two attached hydrogens (primary N) is 1. The lowest BCUT2D eigenvalue weighted by Gasteiger charge is -2.27. The number of anilines is 1. The lowest BCUT2D eigenvalue weighted by Crippen LogP contribution is -2.31. The van der Waals surface area contributed by atoms with Gasteiger partial charge in [-0.15, -0.1) is 12.4 Å². The molecule has 1 atom stereocenters. The maximum Gasteiger partial charge on any atom is 0.253 e. The molecule has 1 aliphatic rings. The number of nitrogen functional groups attached to an aromatic ring is 1. The second-order valence-corrected chi connectivity index (χ2v) is 7.06. The zero-order valence-electron chi connectivity index (χ0n) is 16.0. The molecule has 3 aromatic rings. The van der Waals surface area contributed by atoms with Crippen molar-refractivity contribution >= 4 is 34.9 Å². The molecular formula is C22H24ClN3O2. The number of ether oxygens (including phenoxy) is 1. The Morgan fingerprint density at radius 3 is 2.82 bits per heavy atom. The van der Waals surface area contributed by atoms with Gasteiger partial charge in [0.1, 0.15) is 5.75 Å². The Kier molecular flexibility index (Phi) is 5.75. The topological polar surface area (TPSA) is 77.2 Å². The van der Waals surface area contributed by atoms with Crippen molar-refractivity contribution in [1.29, 1.82) is 0 Å². The molecule has 2 aromatic carbocycles. The molecule has 1 heterocycles. The Labute approximate surface area is 170 Å². The van der Waals surface area contributed by atoms with Gasteiger partial charge in [0.05, 0.1) is 29.9 Å². The largest absolute Gasteiger partial charge is 0.497 e. The summed E-state index contributed by atoms with van der Waals surface area (Å²) in [5.41, 5.74) is 11.2. The number of nitrogens with one attached hydrogen (secondary N) is 1. The molecule has 5 nitrogen and oxygen atoms in total. The van der Waals surface area contributed by atoms with Gasteiger partial charge in [0.15, 0.2) is 0 Å². The van der Waals surface area contributed by atoms with Gasteiger partial charge in [0, 0.05) is 17.1 Å². The SMILES string of the molecule is COc1ccc2cc(C(=O)NC3CCCc4cc(N)ccc43)c(C)nc2c1.Cl. The Hall–Kier alpha value is -2.79. The van der Waals surface area contributed by atoms with Crippen LogP contribution in [-0.2, 0) is 6.42 Å². The minimum absolute atomic E-state index is 0. The molecule has 0 radical (unpaired) electrons. The molecule has 6 heteroatoms. The highest BCUT2D eigenvalue weighted by molar-refractivity contribution is 5.99. The Balaban J connectivity index is 0.00000225. The van der Waals surface area contributed by atoms with Gasteiger partial charge in [-0.3, -0.25) is 9.78 Å². The van der Waals surface area contributed by atoms with E-state index >= 15 is 0 Å². The summed E-state index contributed by atoms with van der Waals surface area (Å²) in [7, 11) is 1.63. The van der Waals surface area contributed by atoms with Crippen LogP contribution >= 0.6 is 12.4 Å². The van der Waals surface area contributed by atoms with E-state index in [1.165, 1.54) is 11.1 Å². The van der Waals surface area contributed by atoms with Crippen molar-refractivity contribution in [2.75, 3.05) is 12.8 Å². The molecule has 0 bridgehead atoms. The van der Waals surface area contributed by atoms with Gasteiger partial charge in [-0.25, -0.2) is 0 Å². The highest BCUT2D eigenvalue weighted by Crippen LogP contribution is 2.31. The third kappa shape index (κ3) is 3.76. The van der Waals surface area contributed by atoms with Crippen molar-refractivity contribution in [3.05, 3.63) is 64.8 Å². The van der Waals surface area contributed by atoms with E-state index in [1.807, 2.05) is 49.4 Å². The van der Waals surface area contributed by atoms with Gasteiger partial charge in [-0.1, -0.05) is 6.07 Å². The monoisotopic (exact) mass is 397 g/mol. The number of amides is 1. The molecule has 0 saturated carbocycles. The van der Waals surface area contributed by atoms with Crippen molar-refractivity contribution in [1.82, 2.24) is 10.3 Å². The van der Waals surface area contributed by atoms with Crippen LogP contribution in [0.15, 0.2) is 42.5 Å². The van der Waals surface area contributed by atoms with Crippen molar-refractivity contribution in [2.24, 2.45) is 0 Å². The van der Waals surface area contributed by atoms with Crippen LogP contribution in [0.2, 0.25) is 0 Å². The van der Waals surface area contributed by atoms with E-state index in [-0.39, 0.29) is 24.4 Å². The van der Waals surface area contributed by atoms with Crippen LogP contribution in [-0.4, -0.2) is 18.0 Å². The van der Waals surface area contributed by atoms with Crippen molar-refractivity contribution in [3.63, 3.8) is 0 Å². The first-order chi connectivity index (χ1) is 13.0. The predicted molar refractivity (Wildman–Crippen MR) is 114 cm³/mol. The van der Waals surface area contributed by atoms with E-state index in [9.17, 15) is 4.79 Å². The number of aromatic nitrogens is 1. The molecular weight excluding hydrogens is 374 g/mol. The van der Waals surface area contributed by atoms with Gasteiger partial charge in [-0.05, 0) is 67.6 Å². The van der Waals surface area contributed by atoms with E-state index < -0.39 is 0 Å². The fourth-order valence-corrected chi connectivity index (χ4v) is 3.82. The number of carbonyl (C=O) groups excluding carboxylic acids is 1. The molecule has 0 saturated heterocycles. The predicted octanol–water partition coefficient (Wildman–Crippen LogP) is 4.36. The number of nitrogens with zero attached hydrogens (tertiary/aromatic N) is 1. The number of hydrogen-bond acceptors (Lipinski definition) is 4. The normalized spacial score (nSPS) is 15.4. The summed E-state index contributed by atoms with van der Waals surface area (Å²) < 4.78 is 5.25. The molecule has 28 heavy (non-hydrogen) atoms. The van der Waals surface area contributed by atoms with E-state index in [2.05, 4.69) is 10.3 Å². The fourth-order valence-electron chi connectivity index (χ4n) is 3.82. The van der Waals surface area contributed by atoms with Crippen LogP contribution in [0.25, 0.3) is 10.9 Å². The van der Waals surface area contributed by atoms with E-state index in [1.54, 1.807) is 7.11 Å². The van der Waals surface area contributed by atoms with Crippen LogP contribution in [0.1, 0.15) is 46.1 Å². The Bertz CT molecular complexity index is 1040. The molecule has 1 amide bonds. The van der Waals surface area contributed by atoms with E-state index in [4.69, 9.17) is 10.5 Å². The average Bonchev–Trinajstić information content (AvgIpc) is 2.66. The number of rotatable bonds is 3. The number of hydrogen-bond donors (Lipinski definition) is 2. The first-order valence-corrected chi connectivity index (χ1v) is 9.19.